The van der Waals surface area contributed by atoms with Crippen molar-refractivity contribution in [2.75, 3.05) is 5.88 Å². The van der Waals surface area contributed by atoms with Crippen LogP contribution in [0.2, 0.25) is 0 Å². The van der Waals surface area contributed by atoms with Crippen LogP contribution in [0.25, 0.3) is 0 Å². The Kier molecular flexibility index (Phi) is 3.51. The van der Waals surface area contributed by atoms with Gasteiger partial charge in [-0.2, -0.15) is 5.26 Å². The van der Waals surface area contributed by atoms with Gasteiger partial charge in [-0.15, -0.1) is 11.6 Å². The number of aryl methyl sites for hydroxylation is 1. The lowest BCUT2D eigenvalue weighted by atomic mass is 9.94. The van der Waals surface area contributed by atoms with Crippen LogP contribution in [0.1, 0.15) is 18.1 Å². The van der Waals surface area contributed by atoms with Crippen molar-refractivity contribution in [1.82, 2.24) is 0 Å². The lowest BCUT2D eigenvalue weighted by Gasteiger charge is -2.15. The second-order valence-corrected chi connectivity index (χ2v) is 3.83. The Bertz CT molecular complexity index is 335. The van der Waals surface area contributed by atoms with Gasteiger partial charge in [0.2, 0.25) is 0 Å². The summed E-state index contributed by atoms with van der Waals surface area (Å²) >= 11 is 5.62. The van der Waals surface area contributed by atoms with Crippen LogP contribution < -0.4 is 5.73 Å². The summed E-state index contributed by atoms with van der Waals surface area (Å²) < 4.78 is 0. The van der Waals surface area contributed by atoms with Crippen molar-refractivity contribution in [2.24, 2.45) is 5.73 Å². The smallest absolute Gasteiger partial charge is 0.126 e. The van der Waals surface area contributed by atoms with E-state index in [4.69, 9.17) is 22.6 Å². The average Bonchev–Trinajstić information content (AvgIpc) is 2.19. The number of halogens is 1. The molecule has 0 aliphatic heterocycles. The van der Waals surface area contributed by atoms with Crippen LogP contribution in [0.4, 0.5) is 0 Å². The molecular weight excluding hydrogens is 196 g/mol. The first kappa shape index (κ1) is 11.0. The number of nitrogens with zero attached hydrogens (tertiary/aromatic N) is 1. The molecule has 1 aromatic carbocycles. The predicted molar refractivity (Wildman–Crippen MR) is 58.0 cm³/mol. The van der Waals surface area contributed by atoms with Gasteiger partial charge in [0.25, 0.3) is 0 Å². The zero-order chi connectivity index (χ0) is 10.6. The summed E-state index contributed by atoms with van der Waals surface area (Å²) in [6, 6.07) is 9.74. The molecule has 2 nitrogen and oxygen atoms in total. The van der Waals surface area contributed by atoms with E-state index in [1.807, 2.05) is 24.3 Å². The van der Waals surface area contributed by atoms with Gasteiger partial charge in [0.15, 0.2) is 0 Å². The molecule has 74 valence electrons. The van der Waals surface area contributed by atoms with Gasteiger partial charge in [-0.05, 0) is 24.5 Å². The molecule has 0 saturated carbocycles. The van der Waals surface area contributed by atoms with E-state index < -0.39 is 5.54 Å². The quantitative estimate of drug-likeness (QED) is 0.774. The van der Waals surface area contributed by atoms with Gasteiger partial charge in [-0.1, -0.05) is 24.3 Å². The van der Waals surface area contributed by atoms with Gasteiger partial charge in [0, 0.05) is 5.88 Å². The third kappa shape index (κ3) is 2.47. The van der Waals surface area contributed by atoms with E-state index in [-0.39, 0.29) is 0 Å². The van der Waals surface area contributed by atoms with Crippen LogP contribution >= 0.6 is 11.6 Å². The fourth-order valence-electron chi connectivity index (χ4n) is 1.19. The first-order valence-corrected chi connectivity index (χ1v) is 4.99. The fraction of sp³-hybridized carbons (Fsp3) is 0.364. The SMILES string of the molecule is C[C@](N)(C#N)c1ccc(CCCl)cc1. The van der Waals surface area contributed by atoms with Crippen LogP contribution in [-0.2, 0) is 12.0 Å². The van der Waals surface area contributed by atoms with Crippen molar-refractivity contribution in [3.63, 3.8) is 0 Å². The van der Waals surface area contributed by atoms with E-state index >= 15 is 0 Å². The Morgan fingerprint density at radius 2 is 2.00 bits per heavy atom. The number of rotatable bonds is 3. The predicted octanol–water partition coefficient (Wildman–Crippen LogP) is 2.17. The molecule has 1 rings (SSSR count). The van der Waals surface area contributed by atoms with Crippen molar-refractivity contribution >= 4 is 11.6 Å². The third-order valence-electron chi connectivity index (χ3n) is 2.17. The van der Waals surface area contributed by atoms with E-state index in [1.54, 1.807) is 6.92 Å². The van der Waals surface area contributed by atoms with Crippen LogP contribution in [0.5, 0.6) is 0 Å². The zero-order valence-corrected chi connectivity index (χ0v) is 8.88. The Morgan fingerprint density at radius 1 is 1.43 bits per heavy atom. The molecule has 0 radical (unpaired) electrons. The summed E-state index contributed by atoms with van der Waals surface area (Å²) in [5, 5.41) is 8.82. The number of hydrogen-bond acceptors (Lipinski definition) is 2. The molecule has 1 aromatic rings. The number of alkyl halides is 1. The maximum Gasteiger partial charge on any atom is 0.126 e. The average molecular weight is 209 g/mol. The lowest BCUT2D eigenvalue weighted by Crippen LogP contribution is -2.30. The highest BCUT2D eigenvalue weighted by atomic mass is 35.5. The minimum Gasteiger partial charge on any atom is -0.310 e. The Labute approximate surface area is 89.3 Å². The third-order valence-corrected chi connectivity index (χ3v) is 2.36. The Balaban J connectivity index is 2.90. The second-order valence-electron chi connectivity index (χ2n) is 3.45. The van der Waals surface area contributed by atoms with Gasteiger partial charge in [0.1, 0.15) is 5.54 Å². The second kappa shape index (κ2) is 4.45. The normalized spacial score (nSPS) is 14.4. The van der Waals surface area contributed by atoms with E-state index in [9.17, 15) is 0 Å². The Hall–Kier alpha value is -1.04. The van der Waals surface area contributed by atoms with Crippen LogP contribution in [0.15, 0.2) is 24.3 Å². The van der Waals surface area contributed by atoms with Gasteiger partial charge >= 0.3 is 0 Å². The topological polar surface area (TPSA) is 49.8 Å². The molecule has 0 aromatic heterocycles. The number of nitrogens with two attached hydrogens (primary N) is 1. The van der Waals surface area contributed by atoms with E-state index in [1.165, 1.54) is 0 Å². The lowest BCUT2D eigenvalue weighted by molar-refractivity contribution is 0.646. The summed E-state index contributed by atoms with van der Waals surface area (Å²) in [7, 11) is 0. The molecular formula is C11H13ClN2. The molecule has 0 heterocycles. The summed E-state index contributed by atoms with van der Waals surface area (Å²) in [5.41, 5.74) is 6.87. The summed E-state index contributed by atoms with van der Waals surface area (Å²) in [6.45, 7) is 1.70. The molecule has 3 heteroatoms. The number of nitriles is 1. The van der Waals surface area contributed by atoms with Crippen LogP contribution in [0.3, 0.4) is 0 Å². The van der Waals surface area contributed by atoms with Crippen LogP contribution in [0, 0.1) is 11.3 Å². The molecule has 0 aliphatic carbocycles. The highest BCUT2D eigenvalue weighted by Gasteiger charge is 2.19. The molecule has 0 fully saturated rings. The van der Waals surface area contributed by atoms with Gasteiger partial charge < -0.3 is 5.73 Å². The molecule has 0 spiro atoms. The molecule has 1 atom stereocenters. The minimum atomic E-state index is -0.903. The maximum absolute atomic E-state index is 8.82. The maximum atomic E-state index is 8.82. The van der Waals surface area contributed by atoms with Crippen LogP contribution in [-0.4, -0.2) is 5.88 Å². The Morgan fingerprint density at radius 3 is 2.43 bits per heavy atom. The molecule has 0 amide bonds. The molecule has 0 bridgehead atoms. The van der Waals surface area contributed by atoms with E-state index in [0.717, 1.165) is 17.5 Å². The summed E-state index contributed by atoms with van der Waals surface area (Å²) in [5.74, 6) is 0.609. The fourth-order valence-corrected chi connectivity index (χ4v) is 1.41. The monoisotopic (exact) mass is 208 g/mol. The highest BCUT2D eigenvalue weighted by molar-refractivity contribution is 6.17. The van der Waals surface area contributed by atoms with E-state index in [2.05, 4.69) is 6.07 Å². The molecule has 14 heavy (non-hydrogen) atoms. The van der Waals surface area contributed by atoms with Crippen molar-refractivity contribution in [3.8, 4) is 6.07 Å². The molecule has 0 unspecified atom stereocenters. The van der Waals surface area contributed by atoms with E-state index in [0.29, 0.717) is 5.88 Å². The van der Waals surface area contributed by atoms with Crippen molar-refractivity contribution in [2.45, 2.75) is 18.9 Å². The van der Waals surface area contributed by atoms with Gasteiger partial charge in [-0.3, -0.25) is 0 Å². The zero-order valence-electron chi connectivity index (χ0n) is 8.13. The van der Waals surface area contributed by atoms with Crippen molar-refractivity contribution in [1.29, 1.82) is 5.26 Å². The molecule has 2 N–H and O–H groups in total. The number of hydrogen-bond donors (Lipinski definition) is 1. The highest BCUT2D eigenvalue weighted by Crippen LogP contribution is 2.17. The molecule has 0 saturated heterocycles. The van der Waals surface area contributed by atoms with Crippen molar-refractivity contribution in [3.05, 3.63) is 35.4 Å². The largest absolute Gasteiger partial charge is 0.310 e. The molecule has 0 aliphatic rings. The summed E-state index contributed by atoms with van der Waals surface area (Å²) in [4.78, 5) is 0. The summed E-state index contributed by atoms with van der Waals surface area (Å²) in [6.07, 6.45) is 0.843. The number of benzene rings is 1. The van der Waals surface area contributed by atoms with Crippen molar-refractivity contribution < 1.29 is 0 Å². The van der Waals surface area contributed by atoms with Gasteiger partial charge in [-0.25, -0.2) is 0 Å². The first-order chi connectivity index (χ1) is 6.60. The first-order valence-electron chi connectivity index (χ1n) is 4.45. The standard InChI is InChI=1S/C11H13ClN2/c1-11(14,8-13)10-4-2-9(3-5-10)6-7-12/h2-5H,6-7,14H2,1H3/t11-/m0/s1. The minimum absolute atomic E-state index is 0.609. The van der Waals surface area contributed by atoms with Gasteiger partial charge in [0.05, 0.1) is 6.07 Å².